The van der Waals surface area contributed by atoms with Gasteiger partial charge in [-0.3, -0.25) is 0 Å². The molecule has 9 aromatic carbocycles. The van der Waals surface area contributed by atoms with Gasteiger partial charge in [0.2, 0.25) is 0 Å². The van der Waals surface area contributed by atoms with Gasteiger partial charge in [-0.15, -0.1) is 0 Å². The summed E-state index contributed by atoms with van der Waals surface area (Å²) in [4.78, 5) is 2.40. The van der Waals surface area contributed by atoms with Gasteiger partial charge in [-0.25, -0.2) is 0 Å². The molecule has 292 valence electrons. The van der Waals surface area contributed by atoms with E-state index in [0.717, 1.165) is 17.1 Å². The zero-order valence-electron chi connectivity index (χ0n) is 35.2. The standard InChI is InChI=1S/C60H47N/c1-59(2)55-21-13-11-19-50(55)52-34-27-44(37-57(52)59)40-23-29-46(30-24-40)61(48-33-36-49(42-15-7-5-8-16-42)54(39-48)43-17-9-6-10-18-43)47-31-25-41(26-32-47)45-28-35-53-51-20-12-14-22-56(51)60(3,4)58(53)38-45/h5-39H,1-4H3. The van der Waals surface area contributed by atoms with E-state index in [2.05, 4.69) is 245 Å². The van der Waals surface area contributed by atoms with Crippen molar-refractivity contribution in [1.29, 1.82) is 0 Å². The number of benzene rings is 9. The topological polar surface area (TPSA) is 3.24 Å². The molecule has 2 aliphatic rings. The van der Waals surface area contributed by atoms with E-state index in [1.54, 1.807) is 0 Å². The van der Waals surface area contributed by atoms with Crippen LogP contribution < -0.4 is 4.90 Å². The zero-order valence-corrected chi connectivity index (χ0v) is 35.2. The van der Waals surface area contributed by atoms with Gasteiger partial charge in [0, 0.05) is 27.9 Å². The first-order valence-corrected chi connectivity index (χ1v) is 21.5. The zero-order chi connectivity index (χ0) is 41.3. The van der Waals surface area contributed by atoms with Crippen LogP contribution in [0.5, 0.6) is 0 Å². The van der Waals surface area contributed by atoms with Crippen LogP contribution in [0.3, 0.4) is 0 Å². The number of fused-ring (bicyclic) bond motifs is 6. The second-order valence-corrected chi connectivity index (χ2v) is 17.8. The van der Waals surface area contributed by atoms with Crippen molar-refractivity contribution in [1.82, 2.24) is 0 Å². The molecule has 0 aliphatic heterocycles. The first kappa shape index (κ1) is 36.8. The van der Waals surface area contributed by atoms with Crippen molar-refractivity contribution in [3.63, 3.8) is 0 Å². The highest BCUT2D eigenvalue weighted by molar-refractivity contribution is 5.90. The monoisotopic (exact) mass is 781 g/mol. The summed E-state index contributed by atoms with van der Waals surface area (Å²) in [6.07, 6.45) is 0. The van der Waals surface area contributed by atoms with Gasteiger partial charge in [0.25, 0.3) is 0 Å². The van der Waals surface area contributed by atoms with Crippen LogP contribution in [0.1, 0.15) is 49.9 Å². The van der Waals surface area contributed by atoms with Gasteiger partial charge in [0.1, 0.15) is 0 Å². The number of nitrogens with zero attached hydrogens (tertiary/aromatic N) is 1. The minimum absolute atomic E-state index is 0.0474. The van der Waals surface area contributed by atoms with Gasteiger partial charge < -0.3 is 4.90 Å². The molecule has 0 N–H and O–H groups in total. The van der Waals surface area contributed by atoms with Crippen molar-refractivity contribution in [3.05, 3.63) is 235 Å². The largest absolute Gasteiger partial charge is 0.310 e. The van der Waals surface area contributed by atoms with Gasteiger partial charge in [0.15, 0.2) is 0 Å². The fourth-order valence-corrected chi connectivity index (χ4v) is 10.2. The van der Waals surface area contributed by atoms with Crippen molar-refractivity contribution in [2.24, 2.45) is 0 Å². The third-order valence-electron chi connectivity index (χ3n) is 13.5. The summed E-state index contributed by atoms with van der Waals surface area (Å²) in [7, 11) is 0. The summed E-state index contributed by atoms with van der Waals surface area (Å²) in [6.45, 7) is 9.41. The van der Waals surface area contributed by atoms with E-state index >= 15 is 0 Å². The van der Waals surface area contributed by atoms with Crippen molar-refractivity contribution in [2.45, 2.75) is 38.5 Å². The van der Waals surface area contributed by atoms with Crippen molar-refractivity contribution in [3.8, 4) is 66.8 Å². The minimum Gasteiger partial charge on any atom is -0.310 e. The SMILES string of the molecule is CC1(C)c2ccccc2-c2ccc(-c3ccc(N(c4ccc(-c5ccc6c(c5)C(C)(C)c5ccccc5-6)cc4)c4ccc(-c5ccccc5)c(-c5ccccc5)c4)cc3)cc21. The fourth-order valence-electron chi connectivity index (χ4n) is 10.2. The molecule has 0 saturated heterocycles. The molecule has 61 heavy (non-hydrogen) atoms. The molecular weight excluding hydrogens is 735 g/mol. The Kier molecular flexibility index (Phi) is 8.58. The first-order valence-electron chi connectivity index (χ1n) is 21.5. The van der Waals surface area contributed by atoms with Crippen LogP contribution in [0.25, 0.3) is 66.8 Å². The lowest BCUT2D eigenvalue weighted by molar-refractivity contribution is 0.660. The lowest BCUT2D eigenvalue weighted by atomic mass is 9.81. The summed E-state index contributed by atoms with van der Waals surface area (Å²) < 4.78 is 0. The molecule has 1 heteroatoms. The normalized spacial score (nSPS) is 13.8. The third-order valence-corrected chi connectivity index (χ3v) is 13.5. The van der Waals surface area contributed by atoms with Crippen LogP contribution in [-0.2, 0) is 10.8 Å². The predicted molar refractivity (Wildman–Crippen MR) is 258 cm³/mol. The van der Waals surface area contributed by atoms with E-state index in [1.165, 1.54) is 89.0 Å². The Morgan fingerprint density at radius 3 is 1.08 bits per heavy atom. The highest BCUT2D eigenvalue weighted by Crippen LogP contribution is 2.51. The quantitative estimate of drug-likeness (QED) is 0.156. The molecule has 0 heterocycles. The van der Waals surface area contributed by atoms with Crippen LogP contribution in [0.2, 0.25) is 0 Å². The molecule has 0 amide bonds. The van der Waals surface area contributed by atoms with Gasteiger partial charge in [-0.1, -0.05) is 191 Å². The van der Waals surface area contributed by atoms with E-state index in [-0.39, 0.29) is 10.8 Å². The number of rotatable bonds is 7. The molecule has 9 aromatic rings. The van der Waals surface area contributed by atoms with Crippen molar-refractivity contribution < 1.29 is 0 Å². The van der Waals surface area contributed by atoms with E-state index in [4.69, 9.17) is 0 Å². The summed E-state index contributed by atoms with van der Waals surface area (Å²) in [5.74, 6) is 0. The van der Waals surface area contributed by atoms with Gasteiger partial charge >= 0.3 is 0 Å². The highest BCUT2D eigenvalue weighted by Gasteiger charge is 2.36. The second-order valence-electron chi connectivity index (χ2n) is 17.8. The van der Waals surface area contributed by atoms with Gasteiger partial charge in [0.05, 0.1) is 0 Å². The maximum absolute atomic E-state index is 2.41. The van der Waals surface area contributed by atoms with E-state index < -0.39 is 0 Å². The molecular formula is C60H47N. The average molecular weight is 782 g/mol. The van der Waals surface area contributed by atoms with E-state index in [1.807, 2.05) is 0 Å². The van der Waals surface area contributed by atoms with Gasteiger partial charge in [-0.05, 0) is 138 Å². The highest BCUT2D eigenvalue weighted by atomic mass is 15.1. The Hall–Kier alpha value is -7.22. The Morgan fingerprint density at radius 1 is 0.246 bits per heavy atom. The lowest BCUT2D eigenvalue weighted by Gasteiger charge is -2.27. The molecule has 0 radical (unpaired) electrons. The Labute approximate surface area is 360 Å². The molecule has 0 atom stereocenters. The molecule has 0 spiro atoms. The molecule has 0 unspecified atom stereocenters. The average Bonchev–Trinajstić information content (AvgIpc) is 3.69. The maximum atomic E-state index is 2.41. The smallest absolute Gasteiger partial charge is 0.0468 e. The number of anilines is 3. The molecule has 11 rings (SSSR count). The Morgan fingerprint density at radius 2 is 0.607 bits per heavy atom. The molecule has 0 aromatic heterocycles. The predicted octanol–water partition coefficient (Wildman–Crippen LogP) is 16.4. The number of hydrogen-bond acceptors (Lipinski definition) is 1. The maximum Gasteiger partial charge on any atom is 0.0468 e. The minimum atomic E-state index is -0.0474. The third kappa shape index (κ3) is 6.07. The summed E-state index contributed by atoms with van der Waals surface area (Å²) >= 11 is 0. The fraction of sp³-hybridized carbons (Fsp3) is 0.100. The molecule has 0 saturated carbocycles. The second kappa shape index (κ2) is 14.2. The van der Waals surface area contributed by atoms with Crippen LogP contribution in [0, 0.1) is 0 Å². The first-order chi connectivity index (χ1) is 29.8. The summed E-state index contributed by atoms with van der Waals surface area (Å²) in [5, 5.41) is 0. The van der Waals surface area contributed by atoms with Crippen LogP contribution in [0.4, 0.5) is 17.1 Å². The number of hydrogen-bond donors (Lipinski definition) is 0. The Balaban J connectivity index is 1.00. The van der Waals surface area contributed by atoms with Crippen molar-refractivity contribution >= 4 is 17.1 Å². The Bertz CT molecular complexity index is 2950. The van der Waals surface area contributed by atoms with E-state index in [9.17, 15) is 0 Å². The lowest BCUT2D eigenvalue weighted by Crippen LogP contribution is -2.14. The van der Waals surface area contributed by atoms with Gasteiger partial charge in [-0.2, -0.15) is 0 Å². The summed E-state index contributed by atoms with van der Waals surface area (Å²) in [6, 6.07) is 78.5. The van der Waals surface area contributed by atoms with Crippen LogP contribution in [0.15, 0.2) is 212 Å². The molecule has 1 nitrogen and oxygen atoms in total. The molecule has 2 aliphatic carbocycles. The van der Waals surface area contributed by atoms with Crippen LogP contribution in [-0.4, -0.2) is 0 Å². The summed E-state index contributed by atoms with van der Waals surface area (Å²) in [5.41, 5.74) is 23.9. The van der Waals surface area contributed by atoms with Crippen LogP contribution >= 0.6 is 0 Å². The van der Waals surface area contributed by atoms with E-state index in [0.29, 0.717) is 0 Å². The van der Waals surface area contributed by atoms with Crippen molar-refractivity contribution in [2.75, 3.05) is 4.90 Å². The molecule has 0 fully saturated rings. The molecule has 0 bridgehead atoms.